The first-order valence-corrected chi connectivity index (χ1v) is 5.91. The van der Waals surface area contributed by atoms with Gasteiger partial charge in [-0.2, -0.15) is 13.2 Å². The third-order valence-electron chi connectivity index (χ3n) is 3.01. The van der Waals surface area contributed by atoms with Crippen LogP contribution in [0.5, 0.6) is 0 Å². The third kappa shape index (κ3) is 3.20. The van der Waals surface area contributed by atoms with E-state index in [-0.39, 0.29) is 11.1 Å². The number of hydrogen-bond donors (Lipinski definition) is 2. The second kappa shape index (κ2) is 5.79. The van der Waals surface area contributed by atoms with Gasteiger partial charge >= 0.3 is 6.18 Å². The van der Waals surface area contributed by atoms with Crippen LogP contribution in [0.2, 0.25) is 0 Å². The van der Waals surface area contributed by atoms with Gasteiger partial charge in [0.05, 0.1) is 11.6 Å². The average Bonchev–Trinajstić information content (AvgIpc) is 2.42. The van der Waals surface area contributed by atoms with Gasteiger partial charge in [0, 0.05) is 5.56 Å². The van der Waals surface area contributed by atoms with E-state index in [0.717, 1.165) is 12.1 Å². The van der Waals surface area contributed by atoms with Crippen LogP contribution >= 0.6 is 0 Å². The van der Waals surface area contributed by atoms with Crippen LogP contribution < -0.4 is 11.3 Å². The van der Waals surface area contributed by atoms with E-state index in [9.17, 15) is 22.0 Å². The molecule has 0 spiro atoms. The summed E-state index contributed by atoms with van der Waals surface area (Å²) < 4.78 is 65.1. The molecule has 1 unspecified atom stereocenters. The Morgan fingerprint density at radius 3 is 2.19 bits per heavy atom. The summed E-state index contributed by atoms with van der Waals surface area (Å²) in [5.74, 6) is 3.29. The fraction of sp³-hybridized carbons (Fsp3) is 0.143. The first-order valence-electron chi connectivity index (χ1n) is 5.91. The molecule has 0 heterocycles. The maximum absolute atomic E-state index is 13.7. The number of rotatable bonds is 3. The van der Waals surface area contributed by atoms with E-state index in [1.807, 2.05) is 0 Å². The number of hydrazine groups is 1. The molecule has 0 saturated carbocycles. The highest BCUT2D eigenvalue weighted by Crippen LogP contribution is 2.34. The normalized spacial score (nSPS) is 13.2. The van der Waals surface area contributed by atoms with Crippen molar-refractivity contribution >= 4 is 0 Å². The lowest BCUT2D eigenvalue weighted by molar-refractivity contribution is -0.140. The van der Waals surface area contributed by atoms with Crippen LogP contribution in [0.4, 0.5) is 22.0 Å². The number of benzene rings is 2. The molecule has 0 aromatic heterocycles. The summed E-state index contributed by atoms with van der Waals surface area (Å²) in [4.78, 5) is 0. The van der Waals surface area contributed by atoms with E-state index < -0.39 is 29.4 Å². The van der Waals surface area contributed by atoms with Crippen LogP contribution in [0.15, 0.2) is 42.5 Å². The van der Waals surface area contributed by atoms with E-state index in [1.54, 1.807) is 0 Å². The molecular weight excluding hydrogens is 291 g/mol. The van der Waals surface area contributed by atoms with Gasteiger partial charge in [-0.25, -0.2) is 14.2 Å². The Morgan fingerprint density at radius 1 is 0.952 bits per heavy atom. The van der Waals surface area contributed by atoms with E-state index in [0.29, 0.717) is 12.1 Å². The van der Waals surface area contributed by atoms with Gasteiger partial charge in [0.1, 0.15) is 11.6 Å². The lowest BCUT2D eigenvalue weighted by Crippen LogP contribution is -2.30. The van der Waals surface area contributed by atoms with Crippen molar-refractivity contribution in [3.8, 4) is 0 Å². The molecule has 0 aliphatic carbocycles. The summed E-state index contributed by atoms with van der Waals surface area (Å²) in [6.45, 7) is 0. The van der Waals surface area contributed by atoms with Crippen molar-refractivity contribution < 1.29 is 22.0 Å². The van der Waals surface area contributed by atoms with Gasteiger partial charge in [0.25, 0.3) is 0 Å². The van der Waals surface area contributed by atoms with Gasteiger partial charge < -0.3 is 0 Å². The minimum absolute atomic E-state index is 0.0105. The molecule has 2 aromatic rings. The fourth-order valence-corrected chi connectivity index (χ4v) is 2.01. The molecule has 2 aromatic carbocycles. The highest BCUT2D eigenvalue weighted by Gasteiger charge is 2.35. The summed E-state index contributed by atoms with van der Waals surface area (Å²) in [7, 11) is 0. The monoisotopic (exact) mass is 302 g/mol. The van der Waals surface area contributed by atoms with Crippen LogP contribution in [0, 0.1) is 11.6 Å². The zero-order valence-corrected chi connectivity index (χ0v) is 10.6. The second-order valence-electron chi connectivity index (χ2n) is 4.36. The molecule has 0 amide bonds. The van der Waals surface area contributed by atoms with Crippen LogP contribution in [0.1, 0.15) is 22.7 Å². The topological polar surface area (TPSA) is 38.0 Å². The molecule has 21 heavy (non-hydrogen) atoms. The van der Waals surface area contributed by atoms with Crippen molar-refractivity contribution in [3.05, 3.63) is 70.8 Å². The Kier molecular flexibility index (Phi) is 4.24. The molecule has 3 N–H and O–H groups in total. The zero-order chi connectivity index (χ0) is 15.6. The third-order valence-corrected chi connectivity index (χ3v) is 3.01. The second-order valence-corrected chi connectivity index (χ2v) is 4.36. The van der Waals surface area contributed by atoms with Crippen LogP contribution in [0.25, 0.3) is 0 Å². The Hall–Kier alpha value is -1.99. The SMILES string of the molecule is NNC(c1ccc(F)c(C(F)(F)F)c1)c1ccccc1F. The van der Waals surface area contributed by atoms with E-state index in [2.05, 4.69) is 5.43 Å². The van der Waals surface area contributed by atoms with E-state index in [1.165, 1.54) is 18.2 Å². The van der Waals surface area contributed by atoms with Crippen LogP contribution in [-0.2, 0) is 6.18 Å². The Morgan fingerprint density at radius 2 is 1.62 bits per heavy atom. The number of nitrogens with two attached hydrogens (primary N) is 1. The smallest absolute Gasteiger partial charge is 0.271 e. The van der Waals surface area contributed by atoms with Crippen molar-refractivity contribution in [2.24, 2.45) is 5.84 Å². The molecule has 0 bridgehead atoms. The molecule has 1 atom stereocenters. The van der Waals surface area contributed by atoms with E-state index >= 15 is 0 Å². The Bertz CT molecular complexity index is 640. The molecule has 112 valence electrons. The van der Waals surface area contributed by atoms with Gasteiger partial charge in [-0.05, 0) is 23.8 Å². The van der Waals surface area contributed by atoms with Crippen LogP contribution in [-0.4, -0.2) is 0 Å². The van der Waals surface area contributed by atoms with Crippen molar-refractivity contribution in [3.63, 3.8) is 0 Å². The number of alkyl halides is 3. The molecule has 0 aliphatic rings. The lowest BCUT2D eigenvalue weighted by Gasteiger charge is -2.19. The first-order chi connectivity index (χ1) is 9.84. The molecule has 0 aliphatic heterocycles. The minimum Gasteiger partial charge on any atom is -0.271 e. The Labute approximate surface area is 117 Å². The molecule has 2 nitrogen and oxygen atoms in total. The van der Waals surface area contributed by atoms with Crippen molar-refractivity contribution in [2.75, 3.05) is 0 Å². The van der Waals surface area contributed by atoms with Gasteiger partial charge in [-0.15, -0.1) is 0 Å². The molecule has 0 radical (unpaired) electrons. The Balaban J connectivity index is 2.52. The highest BCUT2D eigenvalue weighted by atomic mass is 19.4. The van der Waals surface area contributed by atoms with E-state index in [4.69, 9.17) is 5.84 Å². The van der Waals surface area contributed by atoms with Crippen molar-refractivity contribution in [1.82, 2.24) is 5.43 Å². The fourth-order valence-electron chi connectivity index (χ4n) is 2.01. The number of halogens is 5. The van der Waals surface area contributed by atoms with Gasteiger partial charge in [0.2, 0.25) is 0 Å². The predicted molar refractivity (Wildman–Crippen MR) is 67.0 cm³/mol. The zero-order valence-electron chi connectivity index (χ0n) is 10.6. The predicted octanol–water partition coefficient (Wildman–Crippen LogP) is 3.54. The molecule has 0 saturated heterocycles. The summed E-state index contributed by atoms with van der Waals surface area (Å²) in [6, 6.07) is 6.92. The quantitative estimate of drug-likeness (QED) is 0.517. The standard InChI is InChI=1S/C14H11F5N2/c15-11-4-2-1-3-9(11)13(21-20)8-5-6-12(16)10(7-8)14(17,18)19/h1-7,13,21H,20H2. The van der Waals surface area contributed by atoms with Gasteiger partial charge in [0.15, 0.2) is 0 Å². The molecule has 2 rings (SSSR count). The summed E-state index contributed by atoms with van der Waals surface area (Å²) in [5, 5.41) is 0. The van der Waals surface area contributed by atoms with Gasteiger partial charge in [-0.3, -0.25) is 5.84 Å². The number of hydrogen-bond acceptors (Lipinski definition) is 2. The maximum atomic E-state index is 13.7. The van der Waals surface area contributed by atoms with Crippen molar-refractivity contribution in [2.45, 2.75) is 12.2 Å². The largest absolute Gasteiger partial charge is 0.419 e. The molecule has 7 heteroatoms. The summed E-state index contributed by atoms with van der Waals surface area (Å²) in [5.41, 5.74) is 0.904. The number of nitrogens with one attached hydrogen (secondary N) is 1. The van der Waals surface area contributed by atoms with Crippen LogP contribution in [0.3, 0.4) is 0 Å². The lowest BCUT2D eigenvalue weighted by atomic mass is 9.97. The minimum atomic E-state index is -4.84. The molecular formula is C14H11F5N2. The molecule has 0 fully saturated rings. The average molecular weight is 302 g/mol. The first kappa shape index (κ1) is 15.4. The summed E-state index contributed by atoms with van der Waals surface area (Å²) in [6.07, 6.45) is -4.84. The van der Waals surface area contributed by atoms with Crippen molar-refractivity contribution in [1.29, 1.82) is 0 Å². The summed E-state index contributed by atoms with van der Waals surface area (Å²) >= 11 is 0. The van der Waals surface area contributed by atoms with Gasteiger partial charge in [-0.1, -0.05) is 24.3 Å². The highest BCUT2D eigenvalue weighted by molar-refractivity contribution is 5.36. The maximum Gasteiger partial charge on any atom is 0.419 e.